The highest BCUT2D eigenvalue weighted by Crippen LogP contribution is 2.51. The SMILES string of the molecule is Cc1nnc2n1-c1ccc(-c3cnn(CCOCCNC(=O)OC(C)(C)C)c3)cc1C(c1ccc(Cl)cc1)=NC21CC1. The van der Waals surface area contributed by atoms with E-state index in [1.807, 2.05) is 69.0 Å². The fraction of sp³-hybridized carbons (Fsp3) is 0.387. The van der Waals surface area contributed by atoms with Crippen molar-refractivity contribution in [3.05, 3.63) is 82.7 Å². The third kappa shape index (κ3) is 5.82. The van der Waals surface area contributed by atoms with Gasteiger partial charge >= 0.3 is 6.09 Å². The summed E-state index contributed by atoms with van der Waals surface area (Å²) in [4.78, 5) is 17.1. The average Bonchev–Trinajstić information content (AvgIpc) is 3.42. The van der Waals surface area contributed by atoms with Gasteiger partial charge in [0.1, 0.15) is 17.0 Å². The van der Waals surface area contributed by atoms with Crippen molar-refractivity contribution in [2.24, 2.45) is 4.99 Å². The van der Waals surface area contributed by atoms with E-state index in [1.54, 1.807) is 0 Å². The maximum absolute atomic E-state index is 11.7. The van der Waals surface area contributed by atoms with Crippen LogP contribution in [0.3, 0.4) is 0 Å². The monoisotopic (exact) mass is 587 g/mol. The number of hydrogen-bond donors (Lipinski definition) is 1. The zero-order valence-corrected chi connectivity index (χ0v) is 25.0. The molecule has 4 aromatic rings. The maximum atomic E-state index is 11.7. The van der Waals surface area contributed by atoms with Gasteiger partial charge in [-0.05, 0) is 70.4 Å². The molecule has 0 bridgehead atoms. The molecule has 0 atom stereocenters. The Labute approximate surface area is 249 Å². The van der Waals surface area contributed by atoms with Crippen molar-refractivity contribution in [3.8, 4) is 16.8 Å². The van der Waals surface area contributed by atoms with E-state index in [2.05, 4.69) is 43.4 Å². The number of aryl methyl sites for hydroxylation is 1. The van der Waals surface area contributed by atoms with Crippen molar-refractivity contribution in [1.82, 2.24) is 29.9 Å². The average molecular weight is 588 g/mol. The zero-order chi connectivity index (χ0) is 29.5. The van der Waals surface area contributed by atoms with Gasteiger partial charge in [0.15, 0.2) is 5.82 Å². The van der Waals surface area contributed by atoms with Gasteiger partial charge in [0.25, 0.3) is 0 Å². The molecule has 0 unspecified atom stereocenters. The third-order valence-corrected chi connectivity index (χ3v) is 7.50. The number of aromatic nitrogens is 5. The topological polar surface area (TPSA) is 108 Å². The molecule has 1 saturated carbocycles. The molecule has 218 valence electrons. The molecule has 42 heavy (non-hydrogen) atoms. The van der Waals surface area contributed by atoms with Gasteiger partial charge in [0.2, 0.25) is 0 Å². The summed E-state index contributed by atoms with van der Waals surface area (Å²) < 4.78 is 14.9. The molecule has 0 radical (unpaired) electrons. The Kier molecular flexibility index (Phi) is 7.36. The smallest absolute Gasteiger partial charge is 0.407 e. The second kappa shape index (κ2) is 11.0. The van der Waals surface area contributed by atoms with Crippen molar-refractivity contribution in [2.75, 3.05) is 19.8 Å². The normalized spacial score (nSPS) is 15.0. The molecule has 2 aliphatic rings. The van der Waals surface area contributed by atoms with E-state index in [0.717, 1.165) is 58.1 Å². The number of rotatable bonds is 8. The first-order chi connectivity index (χ1) is 20.1. The van der Waals surface area contributed by atoms with Crippen LogP contribution in [0.5, 0.6) is 0 Å². The fourth-order valence-corrected chi connectivity index (χ4v) is 5.22. The molecule has 1 aliphatic carbocycles. The molecule has 1 N–H and O–H groups in total. The molecule has 3 heterocycles. The number of fused-ring (bicyclic) bond motifs is 4. The predicted octanol–water partition coefficient (Wildman–Crippen LogP) is 5.47. The lowest BCUT2D eigenvalue weighted by molar-refractivity contribution is 0.0496. The minimum Gasteiger partial charge on any atom is -0.444 e. The Morgan fingerprint density at radius 2 is 1.81 bits per heavy atom. The fourth-order valence-electron chi connectivity index (χ4n) is 5.09. The molecule has 0 saturated heterocycles. The second-order valence-electron chi connectivity index (χ2n) is 11.7. The van der Waals surface area contributed by atoms with Crippen LogP contribution in [0.2, 0.25) is 5.02 Å². The first kappa shape index (κ1) is 28.1. The van der Waals surface area contributed by atoms with Crippen molar-refractivity contribution in [1.29, 1.82) is 0 Å². The summed E-state index contributed by atoms with van der Waals surface area (Å²) in [7, 11) is 0. The highest BCUT2D eigenvalue weighted by molar-refractivity contribution is 6.30. The van der Waals surface area contributed by atoms with Crippen LogP contribution in [0, 0.1) is 6.92 Å². The summed E-state index contributed by atoms with van der Waals surface area (Å²) in [5.41, 5.74) is 5.09. The number of alkyl carbamates (subject to hydrolysis) is 1. The van der Waals surface area contributed by atoms with Gasteiger partial charge in [0, 0.05) is 34.5 Å². The Hall–Kier alpha value is -4.02. The number of carbonyl (C=O) groups is 1. The number of amides is 1. The number of nitrogens with zero attached hydrogens (tertiary/aromatic N) is 6. The Morgan fingerprint density at radius 1 is 1.05 bits per heavy atom. The summed E-state index contributed by atoms with van der Waals surface area (Å²) in [5.74, 6) is 1.74. The number of halogens is 1. The van der Waals surface area contributed by atoms with Gasteiger partial charge in [-0.15, -0.1) is 10.2 Å². The lowest BCUT2D eigenvalue weighted by atomic mass is 9.96. The third-order valence-electron chi connectivity index (χ3n) is 7.25. The summed E-state index contributed by atoms with van der Waals surface area (Å²) in [6.07, 6.45) is 5.30. The molecule has 11 heteroatoms. The number of aliphatic imine (C=N–C) groups is 1. The van der Waals surface area contributed by atoms with E-state index >= 15 is 0 Å². The Balaban J connectivity index is 1.20. The van der Waals surface area contributed by atoms with Gasteiger partial charge in [-0.1, -0.05) is 29.8 Å². The van der Waals surface area contributed by atoms with E-state index < -0.39 is 11.7 Å². The quantitative estimate of drug-likeness (QED) is 0.274. The van der Waals surface area contributed by atoms with Crippen LogP contribution in [-0.4, -0.2) is 61.7 Å². The van der Waals surface area contributed by atoms with Crippen molar-refractivity contribution in [2.45, 2.75) is 58.2 Å². The molecular formula is C31H34ClN7O3. The molecule has 2 aromatic heterocycles. The molecule has 1 spiro atoms. The largest absolute Gasteiger partial charge is 0.444 e. The second-order valence-corrected chi connectivity index (χ2v) is 12.1. The number of nitrogens with one attached hydrogen (secondary N) is 1. The highest BCUT2D eigenvalue weighted by Gasteiger charge is 2.51. The molecule has 6 rings (SSSR count). The van der Waals surface area contributed by atoms with Crippen LogP contribution >= 0.6 is 11.6 Å². The van der Waals surface area contributed by atoms with Gasteiger partial charge in [-0.25, -0.2) is 4.79 Å². The van der Waals surface area contributed by atoms with Crippen LogP contribution in [0.25, 0.3) is 16.8 Å². The predicted molar refractivity (Wildman–Crippen MR) is 160 cm³/mol. The van der Waals surface area contributed by atoms with E-state index in [4.69, 9.17) is 26.1 Å². The number of ether oxygens (including phenoxy) is 2. The van der Waals surface area contributed by atoms with E-state index in [9.17, 15) is 4.79 Å². The van der Waals surface area contributed by atoms with Gasteiger partial charge in [0.05, 0.1) is 37.4 Å². The summed E-state index contributed by atoms with van der Waals surface area (Å²) in [6.45, 7) is 9.28. The van der Waals surface area contributed by atoms with E-state index in [1.165, 1.54) is 0 Å². The number of hydrogen-bond acceptors (Lipinski definition) is 7. The van der Waals surface area contributed by atoms with E-state index in [-0.39, 0.29) is 5.54 Å². The Morgan fingerprint density at radius 3 is 2.55 bits per heavy atom. The number of benzene rings is 2. The summed E-state index contributed by atoms with van der Waals surface area (Å²) >= 11 is 6.23. The molecular weight excluding hydrogens is 554 g/mol. The van der Waals surface area contributed by atoms with Crippen LogP contribution in [0.15, 0.2) is 59.9 Å². The lowest BCUT2D eigenvalue weighted by Gasteiger charge is -2.19. The zero-order valence-electron chi connectivity index (χ0n) is 24.2. The van der Waals surface area contributed by atoms with Crippen LogP contribution in [0.4, 0.5) is 4.79 Å². The first-order valence-corrected chi connectivity index (χ1v) is 14.5. The Bertz CT molecular complexity index is 1650. The van der Waals surface area contributed by atoms with Crippen LogP contribution < -0.4 is 5.32 Å². The lowest BCUT2D eigenvalue weighted by Crippen LogP contribution is -2.34. The van der Waals surface area contributed by atoms with Crippen LogP contribution in [-0.2, 0) is 21.6 Å². The summed E-state index contributed by atoms with van der Waals surface area (Å²) in [5, 5.41) is 16.9. The molecule has 1 aliphatic heterocycles. The van der Waals surface area contributed by atoms with Gasteiger partial charge < -0.3 is 14.8 Å². The molecule has 10 nitrogen and oxygen atoms in total. The first-order valence-electron chi connectivity index (χ1n) is 14.1. The van der Waals surface area contributed by atoms with Crippen molar-refractivity contribution in [3.63, 3.8) is 0 Å². The molecule has 1 amide bonds. The van der Waals surface area contributed by atoms with Crippen LogP contribution in [0.1, 0.15) is 56.4 Å². The molecule has 2 aromatic carbocycles. The van der Waals surface area contributed by atoms with E-state index in [0.29, 0.717) is 31.3 Å². The maximum Gasteiger partial charge on any atom is 0.407 e. The minimum atomic E-state index is -0.526. The summed E-state index contributed by atoms with van der Waals surface area (Å²) in [6, 6.07) is 14.2. The van der Waals surface area contributed by atoms with Crippen molar-refractivity contribution < 1.29 is 14.3 Å². The van der Waals surface area contributed by atoms with Crippen molar-refractivity contribution >= 4 is 23.4 Å². The highest BCUT2D eigenvalue weighted by atomic mass is 35.5. The van der Waals surface area contributed by atoms with Gasteiger partial charge in [-0.3, -0.25) is 14.2 Å². The standard InChI is InChI=1S/C31H34ClN7O3/c1-20-36-37-28-31(11-12-31)35-27(21-5-8-24(32)9-6-21)25-17-22(7-10-26(25)39(20)28)23-18-34-38(19-23)14-16-41-15-13-33-29(40)42-30(2,3)4/h5-10,17-19H,11-16H2,1-4H3,(H,33,40). The number of carbonyl (C=O) groups excluding carboxylic acids is 1. The van der Waals surface area contributed by atoms with Gasteiger partial charge in [-0.2, -0.15) is 5.10 Å². The minimum absolute atomic E-state index is 0.358. The molecule has 1 fully saturated rings.